The molecule has 1 aromatic heterocycles. The maximum Gasteiger partial charge on any atom is 0.253 e. The summed E-state index contributed by atoms with van der Waals surface area (Å²) in [5, 5.41) is 7.92. The van der Waals surface area contributed by atoms with Crippen LogP contribution in [0.25, 0.3) is 0 Å². The van der Waals surface area contributed by atoms with E-state index >= 15 is 0 Å². The molecule has 3 N–H and O–H groups in total. The van der Waals surface area contributed by atoms with Crippen LogP contribution in [0.1, 0.15) is 32.9 Å². The number of amides is 3. The number of hydrogen-bond donors (Lipinski definition) is 3. The summed E-state index contributed by atoms with van der Waals surface area (Å²) in [7, 11) is 0. The van der Waals surface area contributed by atoms with E-state index in [1.165, 1.54) is 12.3 Å². The first kappa shape index (κ1) is 22.0. The fraction of sp³-hybridized carbons (Fsp3) is 0.136. The van der Waals surface area contributed by atoms with Gasteiger partial charge in [0.1, 0.15) is 11.6 Å². The molecule has 0 unspecified atom stereocenters. The molecule has 2 aromatic carbocycles. The van der Waals surface area contributed by atoms with Crippen molar-refractivity contribution in [1.29, 1.82) is 0 Å². The van der Waals surface area contributed by atoms with E-state index in [2.05, 4.69) is 16.0 Å². The Balaban J connectivity index is 1.52. The highest BCUT2D eigenvalue weighted by Gasteiger charge is 2.15. The minimum Gasteiger partial charge on any atom is -0.467 e. The highest BCUT2D eigenvalue weighted by molar-refractivity contribution is 6.33. The van der Waals surface area contributed by atoms with Crippen LogP contribution in [0.2, 0.25) is 5.02 Å². The van der Waals surface area contributed by atoms with Gasteiger partial charge in [-0.15, -0.1) is 0 Å². The average Bonchev–Trinajstić information content (AvgIpc) is 3.26. The van der Waals surface area contributed by atoms with Gasteiger partial charge in [0.05, 0.1) is 34.6 Å². The van der Waals surface area contributed by atoms with Crippen molar-refractivity contribution in [2.75, 3.05) is 11.9 Å². The molecule has 7 nitrogen and oxygen atoms in total. The molecule has 0 spiro atoms. The zero-order chi connectivity index (χ0) is 22.2. The lowest BCUT2D eigenvalue weighted by molar-refractivity contribution is -0.116. The molecule has 0 fully saturated rings. The summed E-state index contributed by atoms with van der Waals surface area (Å²) in [4.78, 5) is 36.9. The first-order valence-corrected chi connectivity index (χ1v) is 9.74. The van der Waals surface area contributed by atoms with Gasteiger partial charge in [-0.25, -0.2) is 4.39 Å². The van der Waals surface area contributed by atoms with Crippen LogP contribution in [0.3, 0.4) is 0 Å². The molecule has 1 heterocycles. The standard InChI is InChI=1S/C22H19ClFN3O4/c23-18-12-14(24)7-8-16(18)21(29)25-10-9-20(28)27-19-6-2-1-5-17(19)22(30)26-13-15-4-3-11-31-15/h1-8,11-12H,9-10,13H2,(H,25,29)(H,26,30)(H,27,28). The smallest absolute Gasteiger partial charge is 0.253 e. The fourth-order valence-electron chi connectivity index (χ4n) is 2.74. The van der Waals surface area contributed by atoms with Crippen molar-refractivity contribution in [3.05, 3.63) is 88.6 Å². The lowest BCUT2D eigenvalue weighted by atomic mass is 10.1. The minimum atomic E-state index is -0.548. The van der Waals surface area contributed by atoms with Gasteiger partial charge in [0.25, 0.3) is 11.8 Å². The Morgan fingerprint density at radius 3 is 2.45 bits per heavy atom. The maximum absolute atomic E-state index is 13.1. The molecule has 0 saturated carbocycles. The lowest BCUT2D eigenvalue weighted by Crippen LogP contribution is -2.28. The number of carbonyl (C=O) groups excluding carboxylic acids is 3. The van der Waals surface area contributed by atoms with Crippen molar-refractivity contribution in [1.82, 2.24) is 10.6 Å². The molecule has 0 aliphatic carbocycles. The summed E-state index contributed by atoms with van der Waals surface area (Å²) in [5.41, 5.74) is 0.754. The van der Waals surface area contributed by atoms with Crippen molar-refractivity contribution in [3.63, 3.8) is 0 Å². The zero-order valence-corrected chi connectivity index (χ0v) is 17.0. The molecule has 0 saturated heterocycles. The Kier molecular flexibility index (Phi) is 7.40. The van der Waals surface area contributed by atoms with E-state index in [9.17, 15) is 18.8 Å². The molecule has 0 radical (unpaired) electrons. The maximum atomic E-state index is 13.1. The third kappa shape index (κ3) is 6.16. The number of furan rings is 1. The number of para-hydroxylation sites is 1. The van der Waals surface area contributed by atoms with Gasteiger partial charge in [0.2, 0.25) is 5.91 Å². The quantitative estimate of drug-likeness (QED) is 0.493. The molecule has 0 bridgehead atoms. The number of benzene rings is 2. The van der Waals surface area contributed by atoms with E-state index in [4.69, 9.17) is 16.0 Å². The van der Waals surface area contributed by atoms with E-state index in [0.717, 1.165) is 12.1 Å². The molecule has 9 heteroatoms. The highest BCUT2D eigenvalue weighted by atomic mass is 35.5. The largest absolute Gasteiger partial charge is 0.467 e. The van der Waals surface area contributed by atoms with E-state index in [1.807, 2.05) is 0 Å². The topological polar surface area (TPSA) is 100 Å². The third-order valence-corrected chi connectivity index (χ3v) is 4.58. The second kappa shape index (κ2) is 10.4. The monoisotopic (exact) mass is 443 g/mol. The van der Waals surface area contributed by atoms with E-state index in [0.29, 0.717) is 17.0 Å². The molecule has 0 aliphatic heterocycles. The third-order valence-electron chi connectivity index (χ3n) is 4.26. The van der Waals surface area contributed by atoms with E-state index in [-0.39, 0.29) is 36.0 Å². The first-order valence-electron chi connectivity index (χ1n) is 9.37. The van der Waals surface area contributed by atoms with Crippen LogP contribution in [-0.4, -0.2) is 24.3 Å². The Morgan fingerprint density at radius 1 is 0.935 bits per heavy atom. The fourth-order valence-corrected chi connectivity index (χ4v) is 2.99. The van der Waals surface area contributed by atoms with Crippen LogP contribution in [0.15, 0.2) is 65.3 Å². The molecule has 160 valence electrons. The van der Waals surface area contributed by atoms with Crippen LogP contribution in [-0.2, 0) is 11.3 Å². The van der Waals surface area contributed by atoms with Crippen LogP contribution < -0.4 is 16.0 Å². The number of halogens is 2. The summed E-state index contributed by atoms with van der Waals surface area (Å²) in [5.74, 6) is -1.22. The molecule has 3 aromatic rings. The van der Waals surface area contributed by atoms with Crippen molar-refractivity contribution >= 4 is 35.0 Å². The van der Waals surface area contributed by atoms with Crippen LogP contribution in [0.5, 0.6) is 0 Å². The summed E-state index contributed by atoms with van der Waals surface area (Å²) in [6.45, 7) is 0.247. The van der Waals surface area contributed by atoms with Gasteiger partial charge in [-0.2, -0.15) is 0 Å². The average molecular weight is 444 g/mol. The van der Waals surface area contributed by atoms with E-state index < -0.39 is 17.6 Å². The molecule has 3 rings (SSSR count). The molecule has 0 aliphatic rings. The van der Waals surface area contributed by atoms with Gasteiger partial charge < -0.3 is 20.4 Å². The minimum absolute atomic E-state index is 0.0172. The van der Waals surface area contributed by atoms with Crippen molar-refractivity contribution < 1.29 is 23.2 Å². The molecular formula is C22H19ClFN3O4. The summed E-state index contributed by atoms with van der Waals surface area (Å²) >= 11 is 5.85. The Morgan fingerprint density at radius 2 is 1.71 bits per heavy atom. The van der Waals surface area contributed by atoms with Gasteiger partial charge >= 0.3 is 0 Å². The van der Waals surface area contributed by atoms with Crippen molar-refractivity contribution in [2.24, 2.45) is 0 Å². The Hall–Kier alpha value is -3.65. The van der Waals surface area contributed by atoms with Crippen LogP contribution in [0, 0.1) is 5.82 Å². The van der Waals surface area contributed by atoms with Crippen LogP contribution in [0.4, 0.5) is 10.1 Å². The number of nitrogens with one attached hydrogen (secondary N) is 3. The highest BCUT2D eigenvalue weighted by Crippen LogP contribution is 2.17. The predicted octanol–water partition coefficient (Wildman–Crippen LogP) is 3.76. The van der Waals surface area contributed by atoms with Gasteiger partial charge in [-0.1, -0.05) is 23.7 Å². The van der Waals surface area contributed by atoms with Crippen molar-refractivity contribution in [3.8, 4) is 0 Å². The normalized spacial score (nSPS) is 10.4. The predicted molar refractivity (Wildman–Crippen MR) is 113 cm³/mol. The van der Waals surface area contributed by atoms with Crippen LogP contribution >= 0.6 is 11.6 Å². The van der Waals surface area contributed by atoms with Crippen molar-refractivity contribution in [2.45, 2.75) is 13.0 Å². The first-order chi connectivity index (χ1) is 14.9. The molecule has 0 atom stereocenters. The summed E-state index contributed by atoms with van der Waals surface area (Å²) in [6.07, 6.45) is 1.48. The van der Waals surface area contributed by atoms with Gasteiger partial charge in [-0.3, -0.25) is 14.4 Å². The van der Waals surface area contributed by atoms with Gasteiger partial charge in [0, 0.05) is 13.0 Å². The van der Waals surface area contributed by atoms with Gasteiger partial charge in [-0.05, 0) is 42.5 Å². The van der Waals surface area contributed by atoms with E-state index in [1.54, 1.807) is 36.4 Å². The lowest BCUT2D eigenvalue weighted by Gasteiger charge is -2.11. The summed E-state index contributed by atoms with van der Waals surface area (Å²) in [6, 6.07) is 13.5. The second-order valence-corrected chi connectivity index (χ2v) is 6.89. The molecule has 3 amide bonds. The number of hydrogen-bond acceptors (Lipinski definition) is 4. The number of anilines is 1. The summed E-state index contributed by atoms with van der Waals surface area (Å²) < 4.78 is 18.3. The Bertz CT molecular complexity index is 1090. The molecular weight excluding hydrogens is 425 g/mol. The zero-order valence-electron chi connectivity index (χ0n) is 16.3. The number of carbonyl (C=O) groups is 3. The Labute approximate surface area is 182 Å². The molecule has 31 heavy (non-hydrogen) atoms. The van der Waals surface area contributed by atoms with Gasteiger partial charge in [0.15, 0.2) is 0 Å². The number of rotatable bonds is 8. The second-order valence-electron chi connectivity index (χ2n) is 6.49. The SMILES string of the molecule is O=C(CCNC(=O)c1ccc(F)cc1Cl)Nc1ccccc1C(=O)NCc1ccco1.